The maximum Gasteiger partial charge on any atom is 0.264 e. The molecule has 10 heteroatoms. The van der Waals surface area contributed by atoms with Gasteiger partial charge < -0.3 is 10.2 Å². The second kappa shape index (κ2) is 14.0. The van der Waals surface area contributed by atoms with Gasteiger partial charge in [-0.25, -0.2) is 8.42 Å². The predicted molar refractivity (Wildman–Crippen MR) is 169 cm³/mol. The molecule has 1 N–H and O–H groups in total. The third-order valence-corrected chi connectivity index (χ3v) is 10.1. The number of amides is 2. The SMILES string of the molecule is C[C@H](C(=O)NC1CCCCC1)N(Cc1cccc(Br)c1)C(=O)CN(c1ccc(I)cc1)S(=O)(=O)c1ccccc1. The van der Waals surface area contributed by atoms with Gasteiger partial charge in [0.05, 0.1) is 10.6 Å². The fraction of sp³-hybridized carbons (Fsp3) is 0.333. The van der Waals surface area contributed by atoms with Gasteiger partial charge in [-0.1, -0.05) is 65.5 Å². The molecule has 2 amide bonds. The summed E-state index contributed by atoms with van der Waals surface area (Å²) in [7, 11) is -4.07. The van der Waals surface area contributed by atoms with Crippen molar-refractivity contribution in [3.05, 3.63) is 92.5 Å². The smallest absolute Gasteiger partial charge is 0.264 e. The Balaban J connectivity index is 1.66. The Morgan fingerprint density at radius 1 is 0.975 bits per heavy atom. The normalized spacial score (nSPS) is 14.8. The number of carbonyl (C=O) groups is 2. The minimum absolute atomic E-state index is 0.0861. The molecule has 0 aromatic heterocycles. The standard InChI is InChI=1S/C30H33BrIN3O4S/c1-22(30(37)33-26-11-4-2-5-12-26)34(20-23-9-8-10-24(31)19-23)29(36)21-35(27-17-15-25(32)16-18-27)40(38,39)28-13-6-3-7-14-28/h3,6-10,13-19,22,26H,2,4-5,11-12,20-21H2,1H3,(H,33,37)/t22-/m1/s1. The highest BCUT2D eigenvalue weighted by atomic mass is 127. The molecule has 212 valence electrons. The lowest BCUT2D eigenvalue weighted by atomic mass is 9.95. The summed E-state index contributed by atoms with van der Waals surface area (Å²) < 4.78 is 30.5. The van der Waals surface area contributed by atoms with E-state index in [9.17, 15) is 18.0 Å². The maximum absolute atomic E-state index is 14.0. The van der Waals surface area contributed by atoms with Crippen LogP contribution < -0.4 is 9.62 Å². The first-order valence-electron chi connectivity index (χ1n) is 13.3. The Morgan fingerprint density at radius 2 is 1.65 bits per heavy atom. The molecule has 4 rings (SSSR count). The van der Waals surface area contributed by atoms with Crippen molar-refractivity contribution in [2.45, 2.75) is 62.6 Å². The molecule has 0 spiro atoms. The molecule has 0 radical (unpaired) electrons. The molecule has 3 aromatic carbocycles. The van der Waals surface area contributed by atoms with E-state index >= 15 is 0 Å². The maximum atomic E-state index is 14.0. The van der Waals surface area contributed by atoms with Gasteiger partial charge in [-0.2, -0.15) is 0 Å². The number of nitrogens with one attached hydrogen (secondary N) is 1. The lowest BCUT2D eigenvalue weighted by Gasteiger charge is -2.33. The van der Waals surface area contributed by atoms with Crippen LogP contribution in [0.25, 0.3) is 0 Å². The number of anilines is 1. The summed E-state index contributed by atoms with van der Waals surface area (Å²) in [6, 6.07) is 21.9. The van der Waals surface area contributed by atoms with E-state index in [0.29, 0.717) is 5.69 Å². The van der Waals surface area contributed by atoms with Crippen LogP contribution in [0.2, 0.25) is 0 Å². The summed E-state index contributed by atoms with van der Waals surface area (Å²) in [4.78, 5) is 29.0. The third kappa shape index (κ3) is 7.85. The van der Waals surface area contributed by atoms with Crippen molar-refractivity contribution in [3.63, 3.8) is 0 Å². The number of carbonyl (C=O) groups excluding carboxylic acids is 2. The highest BCUT2D eigenvalue weighted by Crippen LogP contribution is 2.26. The average molecular weight is 738 g/mol. The molecule has 0 bridgehead atoms. The Kier molecular flexibility index (Phi) is 10.6. The molecule has 0 heterocycles. The number of hydrogen-bond acceptors (Lipinski definition) is 4. The van der Waals surface area contributed by atoms with Gasteiger partial charge in [0.2, 0.25) is 11.8 Å². The number of halogens is 2. The molecule has 0 saturated heterocycles. The van der Waals surface area contributed by atoms with Crippen molar-refractivity contribution in [1.82, 2.24) is 10.2 Å². The minimum Gasteiger partial charge on any atom is -0.352 e. The van der Waals surface area contributed by atoms with E-state index in [1.54, 1.807) is 49.4 Å². The monoisotopic (exact) mass is 737 g/mol. The van der Waals surface area contributed by atoms with Crippen LogP contribution in [0.1, 0.15) is 44.6 Å². The lowest BCUT2D eigenvalue weighted by Crippen LogP contribution is -2.53. The Bertz CT molecular complexity index is 1410. The lowest BCUT2D eigenvalue weighted by molar-refractivity contribution is -0.139. The van der Waals surface area contributed by atoms with Gasteiger partial charge in [-0.05, 0) is 96.5 Å². The second-order valence-electron chi connectivity index (χ2n) is 9.97. The zero-order valence-electron chi connectivity index (χ0n) is 22.3. The Morgan fingerprint density at radius 3 is 2.30 bits per heavy atom. The molecule has 0 aliphatic heterocycles. The molecule has 1 atom stereocenters. The minimum atomic E-state index is -4.07. The van der Waals surface area contributed by atoms with Gasteiger partial charge in [0.25, 0.3) is 10.0 Å². The van der Waals surface area contributed by atoms with Gasteiger partial charge in [-0.15, -0.1) is 0 Å². The molecule has 1 fully saturated rings. The second-order valence-corrected chi connectivity index (χ2v) is 14.0. The van der Waals surface area contributed by atoms with Crippen molar-refractivity contribution in [2.24, 2.45) is 0 Å². The summed E-state index contributed by atoms with van der Waals surface area (Å²) in [5.74, 6) is -0.702. The number of sulfonamides is 1. The summed E-state index contributed by atoms with van der Waals surface area (Å²) in [5.41, 5.74) is 1.20. The number of hydrogen-bond donors (Lipinski definition) is 1. The molecule has 1 saturated carbocycles. The van der Waals surface area contributed by atoms with Gasteiger partial charge in [0.1, 0.15) is 12.6 Å². The fourth-order valence-corrected chi connectivity index (χ4v) is 7.08. The largest absolute Gasteiger partial charge is 0.352 e. The van der Waals surface area contributed by atoms with Crippen LogP contribution >= 0.6 is 38.5 Å². The number of rotatable bonds is 10. The Labute approximate surface area is 258 Å². The molecule has 3 aromatic rings. The summed E-state index contributed by atoms with van der Waals surface area (Å²) >= 11 is 5.63. The van der Waals surface area contributed by atoms with Crippen LogP contribution in [-0.2, 0) is 26.2 Å². The van der Waals surface area contributed by atoms with E-state index in [2.05, 4.69) is 43.8 Å². The first-order chi connectivity index (χ1) is 19.1. The van der Waals surface area contributed by atoms with Gasteiger partial charge in [0, 0.05) is 20.6 Å². The van der Waals surface area contributed by atoms with E-state index in [-0.39, 0.29) is 23.4 Å². The summed E-state index contributed by atoms with van der Waals surface area (Å²) in [6.07, 6.45) is 5.16. The van der Waals surface area contributed by atoms with Crippen molar-refractivity contribution in [1.29, 1.82) is 0 Å². The molecule has 1 aliphatic carbocycles. The molecule has 40 heavy (non-hydrogen) atoms. The quantitative estimate of drug-likeness (QED) is 0.255. The predicted octanol–water partition coefficient (Wildman–Crippen LogP) is 6.12. The molecular weight excluding hydrogens is 705 g/mol. The van der Waals surface area contributed by atoms with Crippen LogP contribution in [0.4, 0.5) is 5.69 Å². The van der Waals surface area contributed by atoms with Crippen molar-refractivity contribution >= 4 is 66.0 Å². The molecular formula is C30H33BrIN3O4S. The molecule has 1 aliphatic rings. The van der Waals surface area contributed by atoms with Gasteiger partial charge in [-0.3, -0.25) is 13.9 Å². The van der Waals surface area contributed by atoms with Crippen molar-refractivity contribution < 1.29 is 18.0 Å². The zero-order chi connectivity index (χ0) is 28.7. The Hall–Kier alpha value is -2.44. The zero-order valence-corrected chi connectivity index (χ0v) is 26.9. The van der Waals surface area contributed by atoms with E-state index in [1.165, 1.54) is 23.5 Å². The van der Waals surface area contributed by atoms with E-state index in [0.717, 1.165) is 43.6 Å². The number of nitrogens with zero attached hydrogens (tertiary/aromatic N) is 2. The topological polar surface area (TPSA) is 86.8 Å². The molecule has 0 unspecified atom stereocenters. The highest BCUT2D eigenvalue weighted by molar-refractivity contribution is 14.1. The van der Waals surface area contributed by atoms with E-state index in [1.807, 2.05) is 24.3 Å². The van der Waals surface area contributed by atoms with Gasteiger partial charge in [0.15, 0.2) is 0 Å². The summed E-state index contributed by atoms with van der Waals surface area (Å²) in [6.45, 7) is 1.41. The highest BCUT2D eigenvalue weighted by Gasteiger charge is 2.33. The fourth-order valence-electron chi connectivity index (χ4n) is 4.84. The van der Waals surface area contributed by atoms with Crippen LogP contribution in [0.5, 0.6) is 0 Å². The first-order valence-corrected chi connectivity index (χ1v) is 16.6. The van der Waals surface area contributed by atoms with Crippen LogP contribution in [0, 0.1) is 3.57 Å². The third-order valence-electron chi connectivity index (χ3n) is 7.09. The van der Waals surface area contributed by atoms with E-state index in [4.69, 9.17) is 0 Å². The van der Waals surface area contributed by atoms with Crippen LogP contribution in [-0.4, -0.2) is 43.8 Å². The summed E-state index contributed by atoms with van der Waals surface area (Å²) in [5, 5.41) is 3.12. The first kappa shape index (κ1) is 30.5. The van der Waals surface area contributed by atoms with Crippen molar-refractivity contribution in [3.8, 4) is 0 Å². The van der Waals surface area contributed by atoms with Crippen LogP contribution in [0.3, 0.4) is 0 Å². The molecule has 7 nitrogen and oxygen atoms in total. The van der Waals surface area contributed by atoms with Crippen LogP contribution in [0.15, 0.2) is 88.2 Å². The average Bonchev–Trinajstić information content (AvgIpc) is 2.95. The number of benzene rings is 3. The van der Waals surface area contributed by atoms with Gasteiger partial charge >= 0.3 is 0 Å². The van der Waals surface area contributed by atoms with Crippen molar-refractivity contribution in [2.75, 3.05) is 10.8 Å². The van der Waals surface area contributed by atoms with E-state index < -0.39 is 28.5 Å².